The summed E-state index contributed by atoms with van der Waals surface area (Å²) in [4.78, 5) is 0. The molecule has 0 unspecified atom stereocenters. The second-order valence-electron chi connectivity index (χ2n) is 4.29. The van der Waals surface area contributed by atoms with E-state index in [1.807, 2.05) is 39.0 Å². The van der Waals surface area contributed by atoms with Crippen molar-refractivity contribution in [3.63, 3.8) is 0 Å². The van der Waals surface area contributed by atoms with E-state index in [-0.39, 0.29) is 0 Å². The number of ether oxygens (including phenoxy) is 1. The Labute approximate surface area is 107 Å². The van der Waals surface area contributed by atoms with Gasteiger partial charge in [0.15, 0.2) is 0 Å². The maximum Gasteiger partial charge on any atom is 0.137 e. The van der Waals surface area contributed by atoms with Crippen LogP contribution in [0.4, 0.5) is 0 Å². The zero-order valence-electron chi connectivity index (χ0n) is 10.4. The molecule has 0 heterocycles. The minimum absolute atomic E-state index is 0.537. The van der Waals surface area contributed by atoms with Gasteiger partial charge in [-0.15, -0.1) is 0 Å². The van der Waals surface area contributed by atoms with E-state index >= 15 is 0 Å². The molecule has 0 atom stereocenters. The number of halogens is 1. The van der Waals surface area contributed by atoms with Gasteiger partial charge < -0.3 is 4.74 Å². The Morgan fingerprint density at radius 2 is 2.18 bits per heavy atom. The van der Waals surface area contributed by atoms with Crippen molar-refractivity contribution in [1.82, 2.24) is 5.32 Å². The summed E-state index contributed by atoms with van der Waals surface area (Å²) in [7, 11) is 0. The molecule has 1 aromatic rings. The Balaban J connectivity index is 2.69. The first-order chi connectivity index (χ1) is 7.98. The zero-order chi connectivity index (χ0) is 12.9. The molecule has 0 aliphatic carbocycles. The first kappa shape index (κ1) is 13.8. The lowest BCUT2D eigenvalue weighted by molar-refractivity contribution is 0.340. The third kappa shape index (κ3) is 4.26. The minimum Gasteiger partial charge on any atom is -0.492 e. The van der Waals surface area contributed by atoms with Crippen LogP contribution in [0.2, 0.25) is 5.02 Å². The Kier molecular flexibility index (Phi) is 4.80. The molecule has 0 aromatic heterocycles. The number of hydrogen-bond acceptors (Lipinski definition) is 3. The molecule has 17 heavy (non-hydrogen) atoms. The molecule has 0 fully saturated rings. The van der Waals surface area contributed by atoms with Gasteiger partial charge in [-0.05, 0) is 38.5 Å². The molecular formula is C13H17ClN2O. The van der Waals surface area contributed by atoms with Gasteiger partial charge in [-0.2, -0.15) is 5.26 Å². The number of nitriles is 1. The lowest BCUT2D eigenvalue weighted by Gasteiger charge is -2.17. The van der Waals surface area contributed by atoms with Crippen molar-refractivity contribution < 1.29 is 4.74 Å². The monoisotopic (exact) mass is 252 g/mol. The zero-order valence-corrected chi connectivity index (χ0v) is 11.1. The normalized spacial score (nSPS) is 11.0. The summed E-state index contributed by atoms with van der Waals surface area (Å²) in [6, 6.07) is 7.83. The molecule has 92 valence electrons. The van der Waals surface area contributed by atoms with Crippen LogP contribution >= 0.6 is 11.6 Å². The summed E-state index contributed by atoms with van der Waals surface area (Å²) in [5.74, 6) is 0.692. The van der Waals surface area contributed by atoms with Gasteiger partial charge in [0.2, 0.25) is 0 Å². The third-order valence-corrected chi connectivity index (χ3v) is 2.61. The maximum absolute atomic E-state index is 8.88. The van der Waals surface area contributed by atoms with Gasteiger partial charge in [0.1, 0.15) is 11.3 Å². The fourth-order valence-electron chi connectivity index (χ4n) is 1.29. The van der Waals surface area contributed by atoms with Gasteiger partial charge in [0, 0.05) is 6.54 Å². The van der Waals surface area contributed by atoms with E-state index in [9.17, 15) is 0 Å². The molecule has 0 aliphatic rings. The Morgan fingerprint density at radius 3 is 2.71 bits per heavy atom. The summed E-state index contributed by atoms with van der Waals surface area (Å²) < 4.78 is 5.35. The highest BCUT2D eigenvalue weighted by molar-refractivity contribution is 6.32. The smallest absolute Gasteiger partial charge is 0.137 e. The molecule has 1 N–H and O–H groups in total. The first-order valence-corrected chi connectivity index (χ1v) is 5.94. The molecule has 4 heteroatoms. The molecule has 0 bridgehead atoms. The molecule has 3 nitrogen and oxygen atoms in total. The topological polar surface area (TPSA) is 45.0 Å². The number of rotatable bonds is 5. The van der Waals surface area contributed by atoms with E-state index in [1.165, 1.54) is 0 Å². The van der Waals surface area contributed by atoms with Gasteiger partial charge in [-0.1, -0.05) is 17.7 Å². The highest BCUT2D eigenvalue weighted by atomic mass is 35.5. The molecule has 0 saturated carbocycles. The largest absolute Gasteiger partial charge is 0.492 e. The summed E-state index contributed by atoms with van der Waals surface area (Å²) >= 11 is 6.07. The van der Waals surface area contributed by atoms with E-state index in [4.69, 9.17) is 21.6 Å². The van der Waals surface area contributed by atoms with Crippen LogP contribution in [0, 0.1) is 11.3 Å². The second-order valence-corrected chi connectivity index (χ2v) is 4.70. The van der Waals surface area contributed by atoms with Crippen molar-refractivity contribution in [3.05, 3.63) is 28.8 Å². The highest BCUT2D eigenvalue weighted by Gasteiger charge is 2.15. The van der Waals surface area contributed by atoms with Crippen LogP contribution in [-0.2, 0) is 6.54 Å². The molecule has 1 aromatic carbocycles. The van der Waals surface area contributed by atoms with Crippen LogP contribution in [0.5, 0.6) is 5.75 Å². The van der Waals surface area contributed by atoms with E-state index in [1.54, 1.807) is 0 Å². The van der Waals surface area contributed by atoms with Crippen LogP contribution < -0.4 is 10.1 Å². The molecular weight excluding hydrogens is 236 g/mol. The predicted molar refractivity (Wildman–Crippen MR) is 69.2 cm³/mol. The number of benzene rings is 1. The Bertz CT molecular complexity index is 424. The van der Waals surface area contributed by atoms with Gasteiger partial charge in [-0.25, -0.2) is 0 Å². The Morgan fingerprint density at radius 1 is 1.47 bits per heavy atom. The standard InChI is InChI=1S/C13H17ClN2O/c1-4-17-12-6-5-10(7-11(12)14)8-16-13(2,3)9-15/h5-7,16H,4,8H2,1-3H3. The number of hydrogen-bond donors (Lipinski definition) is 1. The van der Waals surface area contributed by atoms with Crippen LogP contribution in [0.1, 0.15) is 26.3 Å². The lowest BCUT2D eigenvalue weighted by atomic mass is 10.1. The van der Waals surface area contributed by atoms with Gasteiger partial charge in [0.25, 0.3) is 0 Å². The van der Waals surface area contributed by atoms with Crippen LogP contribution in [-0.4, -0.2) is 12.1 Å². The van der Waals surface area contributed by atoms with Crippen molar-refractivity contribution >= 4 is 11.6 Å². The maximum atomic E-state index is 8.88. The van der Waals surface area contributed by atoms with E-state index in [0.717, 1.165) is 5.56 Å². The quantitative estimate of drug-likeness (QED) is 0.876. The van der Waals surface area contributed by atoms with Gasteiger partial charge in [0.05, 0.1) is 17.7 Å². The van der Waals surface area contributed by atoms with Gasteiger partial charge in [-0.3, -0.25) is 5.32 Å². The van der Waals surface area contributed by atoms with Crippen molar-refractivity contribution in [2.75, 3.05) is 6.61 Å². The molecule has 0 aliphatic heterocycles. The molecule has 0 saturated heterocycles. The fraction of sp³-hybridized carbons (Fsp3) is 0.462. The number of nitrogens with one attached hydrogen (secondary N) is 1. The van der Waals surface area contributed by atoms with Crippen LogP contribution in [0.3, 0.4) is 0 Å². The first-order valence-electron chi connectivity index (χ1n) is 5.56. The summed E-state index contributed by atoms with van der Waals surface area (Å²) in [5, 5.41) is 12.6. The molecule has 0 spiro atoms. The number of nitrogens with zero attached hydrogens (tertiary/aromatic N) is 1. The molecule has 1 rings (SSSR count). The lowest BCUT2D eigenvalue weighted by Crippen LogP contribution is -2.36. The average molecular weight is 253 g/mol. The predicted octanol–water partition coefficient (Wildman–Crippen LogP) is 3.13. The van der Waals surface area contributed by atoms with E-state index < -0.39 is 5.54 Å². The minimum atomic E-state index is -0.537. The summed E-state index contributed by atoms with van der Waals surface area (Å²) in [6.45, 7) is 6.79. The van der Waals surface area contributed by atoms with E-state index in [0.29, 0.717) is 23.9 Å². The Hall–Kier alpha value is -1.24. The third-order valence-electron chi connectivity index (χ3n) is 2.31. The van der Waals surface area contributed by atoms with Crippen molar-refractivity contribution in [1.29, 1.82) is 5.26 Å². The summed E-state index contributed by atoms with van der Waals surface area (Å²) in [6.07, 6.45) is 0. The van der Waals surface area contributed by atoms with Crippen LogP contribution in [0.15, 0.2) is 18.2 Å². The van der Waals surface area contributed by atoms with E-state index in [2.05, 4.69) is 11.4 Å². The SMILES string of the molecule is CCOc1ccc(CNC(C)(C)C#N)cc1Cl. The van der Waals surface area contributed by atoms with Crippen molar-refractivity contribution in [2.45, 2.75) is 32.9 Å². The van der Waals surface area contributed by atoms with Gasteiger partial charge >= 0.3 is 0 Å². The average Bonchev–Trinajstić information content (AvgIpc) is 2.30. The molecule has 0 radical (unpaired) electrons. The fourth-order valence-corrected chi connectivity index (χ4v) is 1.55. The van der Waals surface area contributed by atoms with Crippen molar-refractivity contribution in [2.24, 2.45) is 0 Å². The second kappa shape index (κ2) is 5.90. The van der Waals surface area contributed by atoms with Crippen LogP contribution in [0.25, 0.3) is 0 Å². The highest BCUT2D eigenvalue weighted by Crippen LogP contribution is 2.25. The molecule has 0 amide bonds. The summed E-state index contributed by atoms with van der Waals surface area (Å²) in [5.41, 5.74) is 0.493. The van der Waals surface area contributed by atoms with Crippen molar-refractivity contribution in [3.8, 4) is 11.8 Å².